The minimum absolute atomic E-state index is 0.0633. The van der Waals surface area contributed by atoms with Gasteiger partial charge in [0, 0.05) is 44.2 Å². The summed E-state index contributed by atoms with van der Waals surface area (Å²) in [5, 5.41) is 48.1. The number of aliphatic carboxylic acids is 1. The number of carbonyl (C=O) groups excluding carboxylic acids is 7. The number of aliphatic imine (C=N–C) groups is 1. The molecule has 24 heteroatoms. The third-order valence-electron chi connectivity index (χ3n) is 11.4. The Morgan fingerprint density at radius 1 is 0.757 bits per heavy atom. The van der Waals surface area contributed by atoms with Crippen LogP contribution in [0.25, 0.3) is 0 Å². The Hall–Kier alpha value is -7.76. The summed E-state index contributed by atoms with van der Waals surface area (Å²) in [7, 11) is 1.56. The molecular formula is C46H65N13O11. The van der Waals surface area contributed by atoms with Gasteiger partial charge in [-0.1, -0.05) is 38.1 Å². The summed E-state index contributed by atoms with van der Waals surface area (Å²) in [6, 6.07) is 2.85. The number of carbonyl (C=O) groups is 8. The summed E-state index contributed by atoms with van der Waals surface area (Å²) < 4.78 is 0. The first-order valence-electron chi connectivity index (χ1n) is 22.8. The fraction of sp³-hybridized carbons (Fsp3) is 0.478. The van der Waals surface area contributed by atoms with E-state index in [1.54, 1.807) is 20.9 Å². The Morgan fingerprint density at radius 3 is 1.83 bits per heavy atom. The standard InChI is InChI=1S/C46H65N13O11/c1-25(2)38(58-39(63)32(54-37(62)23-49-4)7-5-17-51-46(47)48)43(67)56-34(20-28-11-15-31(61)16-12-28)40(64)55-33(19-27-9-13-30(60)14-10-27)41(65)57-35(21-29-22-50-24-52-29)44(68)59-18-6-8-36(59)42(66)53-26(3)45(69)70/h9-16,22,24-26,32-36,38,49,60-61H,5-8,17-21,23H2,1-4H3,(H,50,52)(H,53,66)(H,54,62)(H,55,64)(H,56,67)(H,57,65)(H,58,63)(H,69,70)(H4,47,48,51)/t26-,32-,33-,34-,35-,36-,38-/m0/s1. The van der Waals surface area contributed by atoms with Gasteiger partial charge in [0.2, 0.25) is 41.4 Å². The van der Waals surface area contributed by atoms with Crippen LogP contribution < -0.4 is 48.7 Å². The number of likely N-dealkylation sites (tertiary alicyclic amines) is 1. The van der Waals surface area contributed by atoms with Crippen molar-refractivity contribution in [2.75, 3.05) is 26.7 Å². The Bertz CT molecular complexity index is 2290. The van der Waals surface area contributed by atoms with E-state index in [9.17, 15) is 53.7 Å². The summed E-state index contributed by atoms with van der Waals surface area (Å²) >= 11 is 0. The highest BCUT2D eigenvalue weighted by molar-refractivity contribution is 5.98. The number of phenols is 2. The molecular weight excluding hydrogens is 911 g/mol. The lowest BCUT2D eigenvalue weighted by atomic mass is 9.99. The zero-order chi connectivity index (χ0) is 51.5. The number of likely N-dealkylation sites (N-methyl/N-ethyl adjacent to an activating group) is 1. The van der Waals surface area contributed by atoms with Crippen LogP contribution in [0.5, 0.6) is 11.5 Å². The fourth-order valence-electron chi connectivity index (χ4n) is 7.62. The van der Waals surface area contributed by atoms with Crippen LogP contribution in [0.1, 0.15) is 63.3 Å². The molecule has 1 saturated heterocycles. The second kappa shape index (κ2) is 26.7. The first-order valence-corrected chi connectivity index (χ1v) is 22.8. The van der Waals surface area contributed by atoms with Gasteiger partial charge >= 0.3 is 5.97 Å². The van der Waals surface area contributed by atoms with Crippen molar-refractivity contribution in [2.24, 2.45) is 22.4 Å². The highest BCUT2D eigenvalue weighted by atomic mass is 16.4. The Labute approximate surface area is 404 Å². The number of imidazole rings is 1. The molecule has 0 spiro atoms. The van der Waals surface area contributed by atoms with Crippen molar-refractivity contribution in [2.45, 2.75) is 108 Å². The van der Waals surface area contributed by atoms with Crippen molar-refractivity contribution < 1.29 is 53.7 Å². The number of rotatable bonds is 26. The van der Waals surface area contributed by atoms with Crippen LogP contribution in [-0.4, -0.2) is 152 Å². The quantitative estimate of drug-likeness (QED) is 0.0230. The Kier molecular flexibility index (Phi) is 20.9. The molecule has 0 bridgehead atoms. The normalized spacial score (nSPS) is 15.8. The molecule has 0 saturated carbocycles. The molecule has 4 rings (SSSR count). The summed E-state index contributed by atoms with van der Waals surface area (Å²) in [5.74, 6) is -7.10. The van der Waals surface area contributed by atoms with Gasteiger partial charge in [-0.25, -0.2) is 4.98 Å². The van der Waals surface area contributed by atoms with Gasteiger partial charge < -0.3 is 73.9 Å². The predicted octanol–water partition coefficient (Wildman–Crippen LogP) is -2.22. The van der Waals surface area contributed by atoms with Crippen molar-refractivity contribution in [3.8, 4) is 11.5 Å². The summed E-state index contributed by atoms with van der Waals surface area (Å²) in [6.45, 7) is 4.82. The number of benzene rings is 2. The van der Waals surface area contributed by atoms with E-state index in [0.29, 0.717) is 29.7 Å². The number of guanidine groups is 1. The number of H-pyrrole nitrogens is 1. The zero-order valence-electron chi connectivity index (χ0n) is 39.6. The van der Waals surface area contributed by atoms with E-state index in [0.717, 1.165) is 0 Å². The molecule has 15 N–H and O–H groups in total. The number of phenolic OH excluding ortho intramolecular Hbond substituents is 2. The van der Waals surface area contributed by atoms with E-state index in [4.69, 9.17) is 11.5 Å². The third-order valence-corrected chi connectivity index (χ3v) is 11.4. The van der Waals surface area contributed by atoms with Crippen molar-refractivity contribution in [1.29, 1.82) is 0 Å². The number of aromatic hydroxyl groups is 2. The van der Waals surface area contributed by atoms with E-state index in [1.165, 1.54) is 72.9 Å². The summed E-state index contributed by atoms with van der Waals surface area (Å²) in [5.41, 5.74) is 12.3. The zero-order valence-corrected chi connectivity index (χ0v) is 39.6. The lowest BCUT2D eigenvalue weighted by molar-refractivity contribution is -0.144. The minimum atomic E-state index is -1.44. The van der Waals surface area contributed by atoms with Crippen LogP contribution in [0.4, 0.5) is 0 Å². The lowest BCUT2D eigenvalue weighted by Crippen LogP contribution is -2.61. The molecule has 3 aromatic rings. The van der Waals surface area contributed by atoms with Crippen LogP contribution >= 0.6 is 0 Å². The predicted molar refractivity (Wildman–Crippen MR) is 254 cm³/mol. The number of hydrogen-bond acceptors (Lipinski definition) is 13. The largest absolute Gasteiger partial charge is 0.508 e. The van der Waals surface area contributed by atoms with Gasteiger partial charge in [0.25, 0.3) is 0 Å². The van der Waals surface area contributed by atoms with Crippen LogP contribution in [-0.2, 0) is 57.6 Å². The van der Waals surface area contributed by atoms with Crippen LogP contribution in [0, 0.1) is 5.92 Å². The van der Waals surface area contributed by atoms with E-state index in [-0.39, 0.29) is 69.2 Å². The molecule has 24 nitrogen and oxygen atoms in total. The number of amides is 7. The van der Waals surface area contributed by atoms with E-state index in [2.05, 4.69) is 52.2 Å². The Balaban J connectivity index is 1.65. The number of aromatic amines is 1. The van der Waals surface area contributed by atoms with Gasteiger partial charge in [0.1, 0.15) is 53.8 Å². The molecule has 7 amide bonds. The molecule has 0 unspecified atom stereocenters. The van der Waals surface area contributed by atoms with Crippen molar-refractivity contribution >= 4 is 53.3 Å². The second-order valence-electron chi connectivity index (χ2n) is 17.3. The SMILES string of the molecule is CNCC(=O)N[C@@H](CCCN=C(N)N)C(=O)N[C@H](C(=O)N[C@@H](Cc1ccc(O)cc1)C(=O)N[C@@H](Cc1ccc(O)cc1)C(=O)N[C@@H](Cc1cnc[nH]1)C(=O)N1CCC[C@H]1C(=O)N[C@@H](C)C(=O)O)C(C)C. The maximum absolute atomic E-state index is 14.6. The van der Waals surface area contributed by atoms with Gasteiger partial charge in [-0.15, -0.1) is 0 Å². The molecule has 0 radical (unpaired) electrons. The highest BCUT2D eigenvalue weighted by Crippen LogP contribution is 2.21. The highest BCUT2D eigenvalue weighted by Gasteiger charge is 2.40. The van der Waals surface area contributed by atoms with E-state index < -0.39 is 95.5 Å². The molecule has 1 aromatic heterocycles. The van der Waals surface area contributed by atoms with Crippen molar-refractivity contribution in [3.63, 3.8) is 0 Å². The lowest BCUT2D eigenvalue weighted by Gasteiger charge is -2.30. The van der Waals surface area contributed by atoms with Crippen LogP contribution in [0.3, 0.4) is 0 Å². The minimum Gasteiger partial charge on any atom is -0.508 e. The number of hydrogen-bond donors (Lipinski definition) is 13. The number of nitrogens with zero attached hydrogens (tertiary/aromatic N) is 3. The van der Waals surface area contributed by atoms with Gasteiger partial charge in [0.15, 0.2) is 5.96 Å². The van der Waals surface area contributed by atoms with E-state index >= 15 is 0 Å². The van der Waals surface area contributed by atoms with Crippen LogP contribution in [0.2, 0.25) is 0 Å². The molecule has 380 valence electrons. The number of nitrogens with two attached hydrogens (primary N) is 2. The monoisotopic (exact) mass is 975 g/mol. The molecule has 7 atom stereocenters. The summed E-state index contributed by atoms with van der Waals surface area (Å²) in [4.78, 5) is 121. The molecule has 70 heavy (non-hydrogen) atoms. The topological polar surface area (TPSA) is 378 Å². The number of aromatic nitrogens is 2. The maximum Gasteiger partial charge on any atom is 0.325 e. The van der Waals surface area contributed by atoms with Gasteiger partial charge in [-0.2, -0.15) is 0 Å². The van der Waals surface area contributed by atoms with E-state index in [1.807, 2.05) is 0 Å². The third kappa shape index (κ3) is 17.1. The van der Waals surface area contributed by atoms with Crippen molar-refractivity contribution in [3.05, 3.63) is 77.9 Å². The fourth-order valence-corrected chi connectivity index (χ4v) is 7.62. The molecule has 1 aliphatic rings. The van der Waals surface area contributed by atoms with Gasteiger partial charge in [-0.3, -0.25) is 43.3 Å². The average Bonchev–Trinajstić information content (AvgIpc) is 4.03. The Morgan fingerprint density at radius 2 is 1.31 bits per heavy atom. The molecule has 1 aliphatic heterocycles. The molecule has 0 aliphatic carbocycles. The first kappa shape index (κ1) is 54.8. The van der Waals surface area contributed by atoms with Gasteiger partial charge in [-0.05, 0) is 81.0 Å². The number of nitrogens with one attached hydrogen (secondary N) is 8. The van der Waals surface area contributed by atoms with Gasteiger partial charge in [0.05, 0.1) is 12.9 Å². The first-order chi connectivity index (χ1) is 33.3. The number of carboxylic acid groups (broad SMARTS) is 1. The second-order valence-corrected chi connectivity index (χ2v) is 17.3. The number of carboxylic acids is 1. The molecule has 1 fully saturated rings. The molecule has 2 heterocycles. The smallest absolute Gasteiger partial charge is 0.325 e. The van der Waals surface area contributed by atoms with Crippen LogP contribution in [0.15, 0.2) is 66.0 Å². The summed E-state index contributed by atoms with van der Waals surface area (Å²) in [6.07, 6.45) is 3.40. The average molecular weight is 976 g/mol. The molecule has 2 aromatic carbocycles. The maximum atomic E-state index is 14.6. The van der Waals surface area contributed by atoms with Crippen molar-refractivity contribution in [1.82, 2.24) is 52.1 Å².